The van der Waals surface area contributed by atoms with E-state index in [1.807, 2.05) is 57.2 Å². The van der Waals surface area contributed by atoms with Crippen LogP contribution < -0.4 is 9.64 Å². The summed E-state index contributed by atoms with van der Waals surface area (Å²) < 4.78 is 7.29. The van der Waals surface area contributed by atoms with E-state index < -0.39 is 17.7 Å². The van der Waals surface area contributed by atoms with Gasteiger partial charge in [-0.25, -0.2) is 4.98 Å². The van der Waals surface area contributed by atoms with Gasteiger partial charge in [-0.05, 0) is 67.8 Å². The maximum Gasteiger partial charge on any atom is 0.301 e. The number of hydrogen-bond donors (Lipinski definition) is 1. The molecule has 1 amide bonds. The van der Waals surface area contributed by atoms with Crippen LogP contribution in [0.5, 0.6) is 5.75 Å². The van der Waals surface area contributed by atoms with E-state index in [9.17, 15) is 14.7 Å². The van der Waals surface area contributed by atoms with Crippen LogP contribution in [0.3, 0.4) is 0 Å². The van der Waals surface area contributed by atoms with E-state index in [0.717, 1.165) is 25.8 Å². The Morgan fingerprint density at radius 2 is 1.89 bits per heavy atom. The second-order valence-corrected chi connectivity index (χ2v) is 10.5. The number of fused-ring (bicyclic) bond motifs is 1. The van der Waals surface area contributed by atoms with Gasteiger partial charge in [0.05, 0.1) is 28.4 Å². The lowest BCUT2D eigenvalue weighted by Gasteiger charge is -2.23. The summed E-state index contributed by atoms with van der Waals surface area (Å²) in [7, 11) is 0. The van der Waals surface area contributed by atoms with Crippen molar-refractivity contribution in [1.29, 1.82) is 0 Å². The van der Waals surface area contributed by atoms with Crippen LogP contribution in [-0.4, -0.2) is 28.4 Å². The molecule has 1 aliphatic heterocycles. The first-order chi connectivity index (χ1) is 17.3. The zero-order chi connectivity index (χ0) is 25.6. The van der Waals surface area contributed by atoms with Crippen LogP contribution in [0.25, 0.3) is 16.0 Å². The maximum atomic E-state index is 13.5. The number of Topliss-reactive ketones (excluding diaryl/α,β-unsaturated/α-hetero) is 1. The Morgan fingerprint density at radius 1 is 1.11 bits per heavy atom. The van der Waals surface area contributed by atoms with Gasteiger partial charge in [0.25, 0.3) is 5.78 Å². The standard InChI is InChI=1S/C28H23BrN2O4S/c1-4-35-20-10-6-8-18(14-20)25(32)22-24(17-7-5-9-19(29)13-17)31(27(34)26(22)33)28-30-23-16(3)11-15(2)12-21(23)36-28/h5-14,24,32H,4H2,1-3H3. The summed E-state index contributed by atoms with van der Waals surface area (Å²) in [5.41, 5.74) is 3.97. The van der Waals surface area contributed by atoms with Gasteiger partial charge in [-0.3, -0.25) is 14.5 Å². The van der Waals surface area contributed by atoms with Crippen LogP contribution in [0.1, 0.15) is 35.2 Å². The number of aromatic nitrogens is 1. The molecule has 0 spiro atoms. The molecular weight excluding hydrogens is 540 g/mol. The molecule has 1 aliphatic rings. The summed E-state index contributed by atoms with van der Waals surface area (Å²) in [6.45, 7) is 6.32. The van der Waals surface area contributed by atoms with E-state index in [2.05, 4.69) is 15.9 Å². The van der Waals surface area contributed by atoms with Gasteiger partial charge in [0.2, 0.25) is 0 Å². The summed E-state index contributed by atoms with van der Waals surface area (Å²) in [5, 5.41) is 11.8. The van der Waals surface area contributed by atoms with Crippen molar-refractivity contribution in [3.05, 3.63) is 93.0 Å². The van der Waals surface area contributed by atoms with Crippen LogP contribution in [0.4, 0.5) is 5.13 Å². The smallest absolute Gasteiger partial charge is 0.301 e. The first-order valence-corrected chi connectivity index (χ1v) is 13.1. The average Bonchev–Trinajstić information content (AvgIpc) is 3.38. The minimum Gasteiger partial charge on any atom is -0.507 e. The fourth-order valence-electron chi connectivity index (χ4n) is 4.54. The second-order valence-electron chi connectivity index (χ2n) is 8.61. The van der Waals surface area contributed by atoms with Gasteiger partial charge in [0.1, 0.15) is 11.5 Å². The zero-order valence-corrected chi connectivity index (χ0v) is 22.3. The van der Waals surface area contributed by atoms with Crippen molar-refractivity contribution in [1.82, 2.24) is 4.98 Å². The predicted octanol–water partition coefficient (Wildman–Crippen LogP) is 6.70. The highest BCUT2D eigenvalue weighted by Gasteiger charge is 2.48. The fraction of sp³-hybridized carbons (Fsp3) is 0.179. The van der Waals surface area contributed by atoms with Crippen molar-refractivity contribution in [3.63, 3.8) is 0 Å². The molecule has 1 N–H and O–H groups in total. The maximum absolute atomic E-state index is 13.5. The van der Waals surface area contributed by atoms with Crippen molar-refractivity contribution >= 4 is 60.1 Å². The number of rotatable bonds is 5. The number of anilines is 1. The molecule has 1 unspecified atom stereocenters. The van der Waals surface area contributed by atoms with E-state index in [1.165, 1.54) is 16.2 Å². The SMILES string of the molecule is CCOc1cccc(C(O)=C2C(=O)C(=O)N(c3nc4c(C)cc(C)cc4s3)C2c2cccc(Br)c2)c1. The zero-order valence-electron chi connectivity index (χ0n) is 19.9. The molecule has 1 atom stereocenters. The lowest BCUT2D eigenvalue weighted by molar-refractivity contribution is -0.132. The highest BCUT2D eigenvalue weighted by Crippen LogP contribution is 2.45. The number of ketones is 1. The summed E-state index contributed by atoms with van der Waals surface area (Å²) in [6.07, 6.45) is 0. The number of amides is 1. The van der Waals surface area contributed by atoms with Gasteiger partial charge in [0, 0.05) is 10.0 Å². The molecule has 1 fully saturated rings. The third-order valence-corrected chi connectivity index (χ3v) is 7.55. The molecule has 5 rings (SSSR count). The van der Waals surface area contributed by atoms with Crippen molar-refractivity contribution in [2.45, 2.75) is 26.8 Å². The third-order valence-electron chi connectivity index (χ3n) is 6.05. The lowest BCUT2D eigenvalue weighted by atomic mass is 9.95. The molecule has 36 heavy (non-hydrogen) atoms. The lowest BCUT2D eigenvalue weighted by Crippen LogP contribution is -2.29. The molecule has 0 radical (unpaired) electrons. The van der Waals surface area contributed by atoms with Crippen LogP contribution in [0, 0.1) is 13.8 Å². The molecule has 0 aliphatic carbocycles. The van der Waals surface area contributed by atoms with Crippen molar-refractivity contribution in [2.24, 2.45) is 0 Å². The molecule has 2 heterocycles. The molecule has 0 bridgehead atoms. The van der Waals surface area contributed by atoms with E-state index in [-0.39, 0.29) is 11.3 Å². The number of thiazole rings is 1. The molecular formula is C28H23BrN2O4S. The Bertz CT molecular complexity index is 1560. The summed E-state index contributed by atoms with van der Waals surface area (Å²) in [4.78, 5) is 33.1. The number of aliphatic hydroxyl groups excluding tert-OH is 1. The molecule has 0 saturated carbocycles. The molecule has 1 aromatic heterocycles. The van der Waals surface area contributed by atoms with Crippen molar-refractivity contribution in [2.75, 3.05) is 11.5 Å². The first-order valence-electron chi connectivity index (χ1n) is 11.5. The van der Waals surface area contributed by atoms with Crippen molar-refractivity contribution in [3.8, 4) is 5.75 Å². The number of benzene rings is 3. The monoisotopic (exact) mass is 562 g/mol. The molecule has 1 saturated heterocycles. The van der Waals surface area contributed by atoms with E-state index >= 15 is 0 Å². The third kappa shape index (κ3) is 4.20. The van der Waals surface area contributed by atoms with Gasteiger partial charge in [-0.1, -0.05) is 57.6 Å². The van der Waals surface area contributed by atoms with Gasteiger partial charge >= 0.3 is 5.91 Å². The normalized spacial score (nSPS) is 17.2. The molecule has 3 aromatic carbocycles. The topological polar surface area (TPSA) is 79.7 Å². The minimum atomic E-state index is -0.847. The van der Waals surface area contributed by atoms with E-state index in [0.29, 0.717) is 28.6 Å². The Balaban J connectivity index is 1.73. The summed E-state index contributed by atoms with van der Waals surface area (Å²) >= 11 is 4.85. The number of nitrogens with zero attached hydrogens (tertiary/aromatic N) is 2. The first kappa shape index (κ1) is 24.2. The number of halogens is 1. The van der Waals surface area contributed by atoms with E-state index in [4.69, 9.17) is 9.72 Å². The van der Waals surface area contributed by atoms with E-state index in [1.54, 1.807) is 24.3 Å². The van der Waals surface area contributed by atoms with Gasteiger partial charge in [0.15, 0.2) is 5.13 Å². The van der Waals surface area contributed by atoms with Crippen LogP contribution in [0.2, 0.25) is 0 Å². The molecule has 6 nitrogen and oxygen atoms in total. The number of hydrogen-bond acceptors (Lipinski definition) is 6. The van der Waals surface area contributed by atoms with Crippen LogP contribution >= 0.6 is 27.3 Å². The number of carbonyl (C=O) groups excluding carboxylic acids is 2. The van der Waals surface area contributed by atoms with Crippen LogP contribution in [-0.2, 0) is 9.59 Å². The van der Waals surface area contributed by atoms with Gasteiger partial charge in [-0.15, -0.1) is 0 Å². The fourth-order valence-corrected chi connectivity index (χ4v) is 6.12. The van der Waals surface area contributed by atoms with Crippen molar-refractivity contribution < 1.29 is 19.4 Å². The molecule has 8 heteroatoms. The predicted molar refractivity (Wildman–Crippen MR) is 146 cm³/mol. The minimum absolute atomic E-state index is 0.0129. The summed E-state index contributed by atoms with van der Waals surface area (Å²) in [6, 6.07) is 17.5. The van der Waals surface area contributed by atoms with Gasteiger partial charge < -0.3 is 9.84 Å². The molecule has 182 valence electrons. The highest BCUT2D eigenvalue weighted by molar-refractivity contribution is 9.10. The Hall–Kier alpha value is -3.49. The van der Waals surface area contributed by atoms with Crippen LogP contribution in [0.15, 0.2) is 70.7 Å². The number of ether oxygens (including phenoxy) is 1. The highest BCUT2D eigenvalue weighted by atomic mass is 79.9. The largest absolute Gasteiger partial charge is 0.507 e. The molecule has 4 aromatic rings. The second kappa shape index (κ2) is 9.52. The summed E-state index contributed by atoms with van der Waals surface area (Å²) in [5.74, 6) is -1.18. The van der Waals surface area contributed by atoms with Gasteiger partial charge in [-0.2, -0.15) is 0 Å². The Labute approximate surface area is 221 Å². The Morgan fingerprint density at radius 3 is 2.64 bits per heavy atom. The number of aliphatic hydroxyl groups is 1. The Kier molecular flexibility index (Phi) is 6.40. The number of carbonyl (C=O) groups is 2. The quantitative estimate of drug-likeness (QED) is 0.166. The average molecular weight is 563 g/mol. The number of aryl methyl sites for hydroxylation is 2.